The summed E-state index contributed by atoms with van der Waals surface area (Å²) >= 11 is 0. The number of aromatic amines is 1. The number of nitrogens with one attached hydrogen (secondary N) is 1. The van der Waals surface area contributed by atoms with Gasteiger partial charge < -0.3 is 39.4 Å². The summed E-state index contributed by atoms with van der Waals surface area (Å²) in [7, 11) is 15.4. The summed E-state index contributed by atoms with van der Waals surface area (Å²) in [6.07, 6.45) is 21.8. The first-order chi connectivity index (χ1) is 28.0. The van der Waals surface area contributed by atoms with Gasteiger partial charge in [-0.15, -0.1) is 0 Å². The number of likely N-dealkylation sites (N-methyl/N-ethyl adjacent to an activating group) is 5. The third kappa shape index (κ3) is 7.04. The van der Waals surface area contributed by atoms with Crippen LogP contribution in [0.2, 0.25) is 0 Å². The fraction of sp³-hybridized carbons (Fsp3) is 0.408. The van der Waals surface area contributed by atoms with Crippen molar-refractivity contribution in [3.05, 3.63) is 139 Å². The van der Waals surface area contributed by atoms with Crippen LogP contribution in [0.1, 0.15) is 50.5 Å². The number of benzene rings is 3. The Kier molecular flexibility index (Phi) is 12.1. The molecule has 59 heavy (non-hydrogen) atoms. The third-order valence-electron chi connectivity index (χ3n) is 14.0. The van der Waals surface area contributed by atoms with Gasteiger partial charge in [0.2, 0.25) is 5.52 Å². The average molecular weight is 786 g/mol. The Hall–Kier alpha value is -4.97. The molecule has 10 rings (SSSR count). The van der Waals surface area contributed by atoms with Gasteiger partial charge in [-0.2, -0.15) is 0 Å². The number of nitrogens with zero attached hydrogens (tertiary/aromatic N) is 7. The normalized spacial score (nSPS) is 24.3. The molecule has 0 radical (unpaired) electrons. The number of aromatic nitrogens is 1. The van der Waals surface area contributed by atoms with Gasteiger partial charge in [0, 0.05) is 109 Å². The van der Waals surface area contributed by atoms with E-state index in [1.807, 2.05) is 18.2 Å². The van der Waals surface area contributed by atoms with E-state index < -0.39 is 0 Å². The fourth-order valence-corrected chi connectivity index (χ4v) is 11.1. The van der Waals surface area contributed by atoms with Crippen molar-refractivity contribution in [2.75, 3.05) is 77.1 Å². The van der Waals surface area contributed by atoms with Gasteiger partial charge in [0.1, 0.15) is 5.66 Å². The summed E-state index contributed by atoms with van der Waals surface area (Å²) in [4.78, 5) is 20.1. The van der Waals surface area contributed by atoms with Crippen LogP contribution in [0.5, 0.6) is 5.75 Å². The molecule has 4 aromatic rings. The first-order valence-electron chi connectivity index (χ1n) is 21.1. The Balaban J connectivity index is 0.000000143. The molecule has 1 N–H and O–H groups in total. The molecule has 4 atom stereocenters. The number of pyridine rings is 1. The van der Waals surface area contributed by atoms with E-state index in [2.05, 4.69) is 181 Å². The topological polar surface area (TPSA) is 59.9 Å². The molecule has 1 aromatic heterocycles. The maximum Gasteiger partial charge on any atom is 1.00 e. The summed E-state index contributed by atoms with van der Waals surface area (Å²) in [5.41, 5.74) is 9.00. The predicted octanol–water partition coefficient (Wildman–Crippen LogP) is 4.24. The predicted molar refractivity (Wildman–Crippen MR) is 238 cm³/mol. The molecule has 3 aromatic carbocycles. The third-order valence-corrected chi connectivity index (χ3v) is 14.0. The zero-order chi connectivity index (χ0) is 40.8. The van der Waals surface area contributed by atoms with Gasteiger partial charge in [0.25, 0.3) is 0 Å². The van der Waals surface area contributed by atoms with E-state index >= 15 is 0 Å². The second-order valence-corrected chi connectivity index (χ2v) is 17.2. The zero-order valence-electron chi connectivity index (χ0n) is 36.8. The molecule has 6 aliphatic rings. The Bertz CT molecular complexity index is 2070. The van der Waals surface area contributed by atoms with Crippen LogP contribution in [0.3, 0.4) is 0 Å². The van der Waals surface area contributed by atoms with E-state index in [9.17, 15) is 5.11 Å². The van der Waals surface area contributed by atoms with Crippen molar-refractivity contribution >= 4 is 28.0 Å². The smallest absolute Gasteiger partial charge is 0.868 e. The standard InChI is InChI=1S/C23H29N3.C17H26N4.C9H7NO.Li/c1-17-18-11-5-6-12-19(18)24(2)22(17)15-9-10-16-23(22)25(3)20-13-7-8-14-21(20)26(23)4;1-18(2)14-6-10-20-8-5-9-21-11-7-15(19(3)4)13-17(21)16(20)12-14;11-8-5-1-3-7-4-2-6-10-9(7)8;/h5-8,11-14,17H,9-10,15-16H2,1-4H3;6-7,10-13,16-17H,5,8-9H2,1-4H3;1-6,11H;/q;;;+1. The second-order valence-electron chi connectivity index (χ2n) is 17.2. The van der Waals surface area contributed by atoms with Crippen LogP contribution in [0.15, 0.2) is 133 Å². The molecule has 1 saturated carbocycles. The zero-order valence-corrected chi connectivity index (χ0v) is 36.8. The number of para-hydroxylation sites is 4. The minimum atomic E-state index is -0.0118. The number of fused-ring (bicyclic) bond motifs is 7. The molecule has 4 unspecified atom stereocenters. The molecule has 10 heteroatoms. The quantitative estimate of drug-likeness (QED) is 0.280. The molecule has 0 amide bonds. The number of allylic oxidation sites excluding steroid dienone is 2. The molecular formula is C49H62LiN8O+. The first kappa shape index (κ1) is 42.2. The van der Waals surface area contributed by atoms with Gasteiger partial charge in [0.05, 0.1) is 29.0 Å². The summed E-state index contributed by atoms with van der Waals surface area (Å²) in [6, 6.07) is 27.8. The largest absolute Gasteiger partial charge is 1.00 e. The van der Waals surface area contributed by atoms with Crippen molar-refractivity contribution in [3.8, 4) is 5.75 Å². The van der Waals surface area contributed by atoms with E-state index in [-0.39, 0.29) is 35.8 Å². The van der Waals surface area contributed by atoms with Crippen molar-refractivity contribution in [2.24, 2.45) is 0 Å². The van der Waals surface area contributed by atoms with E-state index in [1.165, 1.54) is 66.1 Å². The molecule has 2 spiro atoms. The molecule has 1 aliphatic carbocycles. The van der Waals surface area contributed by atoms with Crippen LogP contribution in [0.4, 0.5) is 17.1 Å². The van der Waals surface area contributed by atoms with Crippen molar-refractivity contribution in [3.63, 3.8) is 0 Å². The minimum Gasteiger partial charge on any atom is -0.868 e. The van der Waals surface area contributed by atoms with Gasteiger partial charge in [-0.1, -0.05) is 55.8 Å². The minimum absolute atomic E-state index is 0. The Labute approximate surface area is 364 Å². The SMILES string of the molecule is CC1c2ccccc2N(C)C12CCCCC21N(C)c2ccccc2N1C.CN(C)C1=CC2C3C=C(N(C)C)C=CN3CCCN2C=C1.[Li+].[O-]c1cccc2ccc[nH+]c12. The van der Waals surface area contributed by atoms with Crippen LogP contribution >= 0.6 is 0 Å². The average Bonchev–Trinajstić information content (AvgIpc) is 3.47. The van der Waals surface area contributed by atoms with Gasteiger partial charge in [-0.3, -0.25) is 0 Å². The summed E-state index contributed by atoms with van der Waals surface area (Å²) in [5, 5.41) is 12.1. The van der Waals surface area contributed by atoms with Crippen LogP contribution in [0, 0.1) is 0 Å². The van der Waals surface area contributed by atoms with Gasteiger partial charge in [-0.05, 0) is 91.6 Å². The van der Waals surface area contributed by atoms with Crippen LogP contribution in [-0.4, -0.2) is 105 Å². The monoisotopic (exact) mass is 786 g/mol. The van der Waals surface area contributed by atoms with Crippen molar-refractivity contribution in [1.29, 1.82) is 0 Å². The maximum absolute atomic E-state index is 11.1. The summed E-state index contributed by atoms with van der Waals surface area (Å²) in [5.74, 6) is 0.548. The van der Waals surface area contributed by atoms with Crippen molar-refractivity contribution in [2.45, 2.75) is 68.2 Å². The number of anilines is 3. The molecule has 6 heterocycles. The van der Waals surface area contributed by atoms with Crippen LogP contribution in [0.25, 0.3) is 10.9 Å². The molecule has 9 nitrogen and oxygen atoms in total. The van der Waals surface area contributed by atoms with Gasteiger partial charge in [-0.25, -0.2) is 4.98 Å². The number of rotatable bonds is 2. The number of H-pyrrole nitrogens is 1. The molecular weight excluding hydrogens is 724 g/mol. The maximum atomic E-state index is 11.1. The first-order valence-corrected chi connectivity index (χ1v) is 21.1. The summed E-state index contributed by atoms with van der Waals surface area (Å²) in [6.45, 7) is 4.72. The number of hydrogen-bond donors (Lipinski definition) is 0. The molecule has 5 aliphatic heterocycles. The fourth-order valence-electron chi connectivity index (χ4n) is 11.1. The number of hydrogen-bond acceptors (Lipinski definition) is 8. The molecule has 304 valence electrons. The van der Waals surface area contributed by atoms with Crippen LogP contribution < -0.4 is 43.7 Å². The Morgan fingerprint density at radius 1 is 0.644 bits per heavy atom. The van der Waals surface area contributed by atoms with Crippen molar-refractivity contribution < 1.29 is 29.0 Å². The second kappa shape index (κ2) is 16.9. The Morgan fingerprint density at radius 2 is 1.19 bits per heavy atom. The van der Waals surface area contributed by atoms with Gasteiger partial charge in [0.15, 0.2) is 6.20 Å². The Morgan fingerprint density at radius 3 is 1.75 bits per heavy atom. The van der Waals surface area contributed by atoms with Crippen LogP contribution in [-0.2, 0) is 0 Å². The van der Waals surface area contributed by atoms with E-state index in [4.69, 9.17) is 0 Å². The van der Waals surface area contributed by atoms with E-state index in [1.54, 1.807) is 18.3 Å². The van der Waals surface area contributed by atoms with Gasteiger partial charge >= 0.3 is 18.9 Å². The molecule has 0 bridgehead atoms. The van der Waals surface area contributed by atoms with E-state index in [0.29, 0.717) is 23.5 Å². The molecule has 2 fully saturated rings. The molecule has 1 saturated heterocycles. The van der Waals surface area contributed by atoms with E-state index in [0.717, 1.165) is 18.5 Å². The summed E-state index contributed by atoms with van der Waals surface area (Å²) < 4.78 is 0. The van der Waals surface area contributed by atoms with Crippen molar-refractivity contribution in [1.82, 2.24) is 19.6 Å².